The van der Waals surface area contributed by atoms with E-state index in [2.05, 4.69) is 6.92 Å². The van der Waals surface area contributed by atoms with Crippen molar-refractivity contribution in [1.29, 1.82) is 5.41 Å². The Bertz CT molecular complexity index is 434. The number of rotatable bonds is 6. The normalized spacial score (nSPS) is 14.1. The molecule has 0 aromatic heterocycles. The average Bonchev–Trinajstić information content (AvgIpc) is 2.67. The molecule has 0 unspecified atom stereocenters. The lowest BCUT2D eigenvalue weighted by Crippen LogP contribution is -2.28. The first-order chi connectivity index (χ1) is 8.72. The van der Waals surface area contributed by atoms with Crippen molar-refractivity contribution in [3.8, 4) is 0 Å². The second-order valence-electron chi connectivity index (χ2n) is 4.54. The molecule has 1 heterocycles. The summed E-state index contributed by atoms with van der Waals surface area (Å²) in [5.41, 5.74) is 1.73. The Labute approximate surface area is 107 Å². The summed E-state index contributed by atoms with van der Waals surface area (Å²) in [6, 6.07) is 4.65. The van der Waals surface area contributed by atoms with Gasteiger partial charge in [0, 0.05) is 25.3 Å². The van der Waals surface area contributed by atoms with Gasteiger partial charge in [0.15, 0.2) is 0 Å². The third-order valence-corrected chi connectivity index (χ3v) is 3.15. The van der Waals surface area contributed by atoms with Crippen LogP contribution < -0.4 is 0 Å². The Kier molecular flexibility index (Phi) is 4.31. The van der Waals surface area contributed by atoms with Gasteiger partial charge in [0.2, 0.25) is 0 Å². The van der Waals surface area contributed by atoms with Crippen LogP contribution in [0.4, 0.5) is 4.39 Å². The Morgan fingerprint density at radius 2 is 2.22 bits per heavy atom. The highest BCUT2D eigenvalue weighted by Gasteiger charge is 2.23. The maximum absolute atomic E-state index is 13.1. The number of nitrogens with zero attached hydrogens (tertiary/aromatic N) is 1. The predicted molar refractivity (Wildman–Crippen MR) is 69.4 cm³/mol. The van der Waals surface area contributed by atoms with Gasteiger partial charge in [0.25, 0.3) is 0 Å². The highest BCUT2D eigenvalue weighted by molar-refractivity contribution is 6.00. The van der Waals surface area contributed by atoms with E-state index < -0.39 is 0 Å². The molecule has 1 aromatic rings. The summed E-state index contributed by atoms with van der Waals surface area (Å²) in [5, 5.41) is 8.00. The van der Waals surface area contributed by atoms with Gasteiger partial charge in [0.1, 0.15) is 11.7 Å². The van der Waals surface area contributed by atoms with Crippen molar-refractivity contribution in [3.63, 3.8) is 0 Å². The van der Waals surface area contributed by atoms with Crippen LogP contribution in [0.2, 0.25) is 0 Å². The molecular formula is C14H19FN2O. The summed E-state index contributed by atoms with van der Waals surface area (Å²) < 4.78 is 18.6. The fourth-order valence-corrected chi connectivity index (χ4v) is 2.08. The number of amidine groups is 1. The van der Waals surface area contributed by atoms with E-state index in [9.17, 15) is 4.39 Å². The van der Waals surface area contributed by atoms with Crippen LogP contribution in [0.5, 0.6) is 0 Å². The summed E-state index contributed by atoms with van der Waals surface area (Å²) in [4.78, 5) is 1.93. The Balaban J connectivity index is 1.85. The minimum Gasteiger partial charge on any atom is -0.380 e. The predicted octanol–water partition coefficient (Wildman–Crippen LogP) is 2.78. The molecule has 98 valence electrons. The molecule has 2 rings (SSSR count). The van der Waals surface area contributed by atoms with Gasteiger partial charge in [-0.05, 0) is 24.1 Å². The standard InChI is InChI=1S/C14H19FN2O/c1-2-3-7-18-8-6-17-10-11-4-5-12(15)9-13(11)14(17)16/h4-5,9,16H,2-3,6-8,10H2,1H3. The first-order valence-corrected chi connectivity index (χ1v) is 6.42. The lowest BCUT2D eigenvalue weighted by atomic mass is 10.1. The number of hydrogen-bond acceptors (Lipinski definition) is 2. The molecule has 1 aromatic carbocycles. The fraction of sp³-hybridized carbons (Fsp3) is 0.500. The molecule has 0 bridgehead atoms. The molecule has 1 aliphatic heterocycles. The van der Waals surface area contributed by atoms with Gasteiger partial charge < -0.3 is 9.64 Å². The zero-order valence-electron chi connectivity index (χ0n) is 10.7. The van der Waals surface area contributed by atoms with Gasteiger partial charge in [-0.3, -0.25) is 5.41 Å². The maximum atomic E-state index is 13.1. The zero-order chi connectivity index (χ0) is 13.0. The van der Waals surface area contributed by atoms with Crippen LogP contribution in [-0.4, -0.2) is 30.5 Å². The Hall–Kier alpha value is -1.42. The van der Waals surface area contributed by atoms with Crippen LogP contribution in [0.15, 0.2) is 18.2 Å². The first kappa shape index (κ1) is 13.0. The van der Waals surface area contributed by atoms with E-state index in [0.29, 0.717) is 31.1 Å². The monoisotopic (exact) mass is 250 g/mol. The van der Waals surface area contributed by atoms with Gasteiger partial charge in [0.05, 0.1) is 6.61 Å². The molecule has 0 fully saturated rings. The fourth-order valence-electron chi connectivity index (χ4n) is 2.08. The molecule has 0 radical (unpaired) electrons. The lowest BCUT2D eigenvalue weighted by molar-refractivity contribution is 0.118. The number of halogens is 1. The second kappa shape index (κ2) is 5.96. The van der Waals surface area contributed by atoms with Gasteiger partial charge >= 0.3 is 0 Å². The van der Waals surface area contributed by atoms with Crippen LogP contribution in [0.25, 0.3) is 0 Å². The smallest absolute Gasteiger partial charge is 0.128 e. The number of nitrogens with one attached hydrogen (secondary N) is 1. The zero-order valence-corrected chi connectivity index (χ0v) is 10.7. The summed E-state index contributed by atoms with van der Waals surface area (Å²) in [6.45, 7) is 4.91. The van der Waals surface area contributed by atoms with E-state index in [1.165, 1.54) is 12.1 Å². The molecule has 4 heteroatoms. The third-order valence-electron chi connectivity index (χ3n) is 3.15. The van der Waals surface area contributed by atoms with Crippen molar-refractivity contribution < 1.29 is 9.13 Å². The number of benzene rings is 1. The molecule has 0 spiro atoms. The molecular weight excluding hydrogens is 231 g/mol. The van der Waals surface area contributed by atoms with Crippen molar-refractivity contribution >= 4 is 5.84 Å². The van der Waals surface area contributed by atoms with E-state index in [-0.39, 0.29) is 5.82 Å². The van der Waals surface area contributed by atoms with Crippen LogP contribution in [0.1, 0.15) is 30.9 Å². The van der Waals surface area contributed by atoms with Crippen LogP contribution in [0, 0.1) is 11.2 Å². The number of fused-ring (bicyclic) bond motifs is 1. The molecule has 1 aliphatic rings. The lowest BCUT2D eigenvalue weighted by Gasteiger charge is -2.17. The largest absolute Gasteiger partial charge is 0.380 e. The SMILES string of the molecule is CCCCOCCN1Cc2ccc(F)cc2C1=N. The molecule has 0 saturated heterocycles. The van der Waals surface area contributed by atoms with Crippen LogP contribution in [0.3, 0.4) is 0 Å². The van der Waals surface area contributed by atoms with Crippen molar-refractivity contribution in [3.05, 3.63) is 35.1 Å². The second-order valence-corrected chi connectivity index (χ2v) is 4.54. The highest BCUT2D eigenvalue weighted by Crippen LogP contribution is 2.22. The topological polar surface area (TPSA) is 36.3 Å². The molecule has 0 saturated carbocycles. The van der Waals surface area contributed by atoms with Gasteiger partial charge in [-0.2, -0.15) is 0 Å². The highest BCUT2D eigenvalue weighted by atomic mass is 19.1. The average molecular weight is 250 g/mol. The first-order valence-electron chi connectivity index (χ1n) is 6.42. The van der Waals surface area contributed by atoms with Crippen molar-refractivity contribution in [1.82, 2.24) is 4.90 Å². The molecule has 3 nitrogen and oxygen atoms in total. The van der Waals surface area contributed by atoms with Gasteiger partial charge in [-0.15, -0.1) is 0 Å². The minimum atomic E-state index is -0.278. The van der Waals surface area contributed by atoms with Crippen LogP contribution >= 0.6 is 0 Å². The quantitative estimate of drug-likeness (QED) is 0.788. The van der Waals surface area contributed by atoms with Crippen LogP contribution in [-0.2, 0) is 11.3 Å². The summed E-state index contributed by atoms with van der Waals surface area (Å²) in [5.74, 6) is 0.128. The van der Waals surface area contributed by atoms with E-state index >= 15 is 0 Å². The Morgan fingerprint density at radius 1 is 1.39 bits per heavy atom. The maximum Gasteiger partial charge on any atom is 0.128 e. The van der Waals surface area contributed by atoms with E-state index in [1.54, 1.807) is 6.07 Å². The number of hydrogen-bond donors (Lipinski definition) is 1. The molecule has 1 N–H and O–H groups in total. The Morgan fingerprint density at radius 3 is 3.00 bits per heavy atom. The number of unbranched alkanes of at least 4 members (excludes halogenated alkanes) is 1. The van der Waals surface area contributed by atoms with E-state index in [0.717, 1.165) is 25.0 Å². The minimum absolute atomic E-state index is 0.278. The van der Waals surface area contributed by atoms with Gasteiger partial charge in [-0.25, -0.2) is 4.39 Å². The van der Waals surface area contributed by atoms with E-state index in [4.69, 9.17) is 10.1 Å². The molecule has 0 amide bonds. The van der Waals surface area contributed by atoms with Gasteiger partial charge in [-0.1, -0.05) is 19.4 Å². The third kappa shape index (κ3) is 2.88. The summed E-state index contributed by atoms with van der Waals surface area (Å²) in [6.07, 6.45) is 2.20. The van der Waals surface area contributed by atoms with Crippen molar-refractivity contribution in [2.45, 2.75) is 26.3 Å². The summed E-state index contributed by atoms with van der Waals surface area (Å²) >= 11 is 0. The van der Waals surface area contributed by atoms with Crippen molar-refractivity contribution in [2.75, 3.05) is 19.8 Å². The number of ether oxygens (including phenoxy) is 1. The van der Waals surface area contributed by atoms with E-state index in [1.807, 2.05) is 4.90 Å². The molecule has 0 aliphatic carbocycles. The van der Waals surface area contributed by atoms with Crippen molar-refractivity contribution in [2.24, 2.45) is 0 Å². The molecule has 18 heavy (non-hydrogen) atoms. The summed E-state index contributed by atoms with van der Waals surface area (Å²) in [7, 11) is 0. The molecule has 0 atom stereocenters.